The largest absolute Gasteiger partial charge is 0.393 e. The fourth-order valence-electron chi connectivity index (χ4n) is 3.13. The molecule has 2 atom stereocenters. The summed E-state index contributed by atoms with van der Waals surface area (Å²) in [7, 11) is 0. The maximum atomic E-state index is 10.1. The molecule has 1 heteroatoms. The van der Waals surface area contributed by atoms with Crippen molar-refractivity contribution in [3.05, 3.63) is 0 Å². The number of aliphatic hydroxyl groups excluding tert-OH is 1. The van der Waals surface area contributed by atoms with Gasteiger partial charge >= 0.3 is 0 Å². The molecule has 0 bridgehead atoms. The van der Waals surface area contributed by atoms with Crippen molar-refractivity contribution < 1.29 is 5.11 Å². The first kappa shape index (κ1) is 21.0. The summed E-state index contributed by atoms with van der Waals surface area (Å²) in [5, 5.41) is 10.1. The first-order valence-electron chi connectivity index (χ1n) is 9.88. The Balaban J connectivity index is 3.33. The van der Waals surface area contributed by atoms with E-state index in [9.17, 15) is 5.11 Å². The highest BCUT2D eigenvalue weighted by Gasteiger charge is 2.10. The van der Waals surface area contributed by atoms with Crippen LogP contribution in [0.2, 0.25) is 0 Å². The second kappa shape index (κ2) is 16.3. The maximum absolute atomic E-state index is 10.1. The molecule has 0 spiro atoms. The zero-order valence-electron chi connectivity index (χ0n) is 15.2. The Hall–Kier alpha value is -0.0400. The first-order valence-corrected chi connectivity index (χ1v) is 9.88. The van der Waals surface area contributed by atoms with Crippen LogP contribution in [0.1, 0.15) is 117 Å². The fourth-order valence-corrected chi connectivity index (χ4v) is 3.13. The molecular weight excluding hydrogens is 256 g/mol. The molecule has 128 valence electrons. The lowest BCUT2D eigenvalue weighted by atomic mass is 9.94. The molecule has 0 amide bonds. The summed E-state index contributed by atoms with van der Waals surface area (Å²) in [6.07, 6.45) is 19.5. The van der Waals surface area contributed by atoms with E-state index in [0.717, 1.165) is 12.8 Å². The van der Waals surface area contributed by atoms with Crippen molar-refractivity contribution in [3.8, 4) is 0 Å². The highest BCUT2D eigenvalue weighted by atomic mass is 16.3. The number of hydrogen-bond acceptors (Lipinski definition) is 1. The SMILES string of the molecule is CCCCCCCCC(C)CC(O)CCCCCCCC. The van der Waals surface area contributed by atoms with Gasteiger partial charge in [0.1, 0.15) is 0 Å². The summed E-state index contributed by atoms with van der Waals surface area (Å²) >= 11 is 0. The molecule has 0 heterocycles. The topological polar surface area (TPSA) is 20.2 Å². The molecule has 0 radical (unpaired) electrons. The van der Waals surface area contributed by atoms with Gasteiger partial charge in [-0.3, -0.25) is 0 Å². The Labute approximate surface area is 134 Å². The molecule has 0 aliphatic rings. The standard InChI is InChI=1S/C20H42O/c1-4-6-8-10-12-14-16-19(3)18-20(21)17-15-13-11-9-7-5-2/h19-21H,4-18H2,1-3H3. The van der Waals surface area contributed by atoms with Crippen LogP contribution in [-0.4, -0.2) is 11.2 Å². The van der Waals surface area contributed by atoms with Crippen LogP contribution in [0.3, 0.4) is 0 Å². The zero-order chi connectivity index (χ0) is 15.8. The molecule has 0 rings (SSSR count). The Morgan fingerprint density at radius 2 is 1.05 bits per heavy atom. The minimum atomic E-state index is -0.0498. The lowest BCUT2D eigenvalue weighted by molar-refractivity contribution is 0.130. The minimum Gasteiger partial charge on any atom is -0.393 e. The smallest absolute Gasteiger partial charge is 0.0542 e. The molecule has 0 aromatic heterocycles. The summed E-state index contributed by atoms with van der Waals surface area (Å²) in [4.78, 5) is 0. The van der Waals surface area contributed by atoms with Gasteiger partial charge in [-0.1, -0.05) is 104 Å². The van der Waals surface area contributed by atoms with Crippen LogP contribution in [0.15, 0.2) is 0 Å². The van der Waals surface area contributed by atoms with Gasteiger partial charge in [-0.05, 0) is 18.8 Å². The Bertz CT molecular complexity index is 170. The van der Waals surface area contributed by atoms with Gasteiger partial charge in [0.15, 0.2) is 0 Å². The second-order valence-corrected chi connectivity index (χ2v) is 7.11. The van der Waals surface area contributed by atoms with Gasteiger partial charge in [-0.25, -0.2) is 0 Å². The average molecular weight is 299 g/mol. The summed E-state index contributed by atoms with van der Waals surface area (Å²) in [6, 6.07) is 0. The monoisotopic (exact) mass is 298 g/mol. The molecule has 1 N–H and O–H groups in total. The Morgan fingerprint density at radius 3 is 1.57 bits per heavy atom. The molecular formula is C20H42O. The number of unbranched alkanes of at least 4 members (excludes halogenated alkanes) is 10. The van der Waals surface area contributed by atoms with E-state index in [0.29, 0.717) is 5.92 Å². The minimum absolute atomic E-state index is 0.0498. The van der Waals surface area contributed by atoms with E-state index in [-0.39, 0.29) is 6.10 Å². The van der Waals surface area contributed by atoms with Crippen molar-refractivity contribution >= 4 is 0 Å². The normalized spacial score (nSPS) is 14.3. The summed E-state index contributed by atoms with van der Waals surface area (Å²) in [5.74, 6) is 0.700. The predicted molar refractivity (Wildman–Crippen MR) is 95.8 cm³/mol. The van der Waals surface area contributed by atoms with Crippen LogP contribution >= 0.6 is 0 Å². The molecule has 21 heavy (non-hydrogen) atoms. The van der Waals surface area contributed by atoms with Crippen molar-refractivity contribution in [2.75, 3.05) is 0 Å². The molecule has 0 saturated heterocycles. The van der Waals surface area contributed by atoms with E-state index in [2.05, 4.69) is 20.8 Å². The van der Waals surface area contributed by atoms with E-state index in [1.165, 1.54) is 83.5 Å². The Kier molecular flexibility index (Phi) is 16.3. The third kappa shape index (κ3) is 16.2. The number of rotatable bonds is 16. The predicted octanol–water partition coefficient (Wildman–Crippen LogP) is 6.87. The third-order valence-electron chi connectivity index (χ3n) is 4.62. The van der Waals surface area contributed by atoms with Crippen LogP contribution in [0.5, 0.6) is 0 Å². The molecule has 0 saturated carbocycles. The van der Waals surface area contributed by atoms with E-state index < -0.39 is 0 Å². The van der Waals surface area contributed by atoms with Crippen LogP contribution in [0, 0.1) is 5.92 Å². The van der Waals surface area contributed by atoms with E-state index >= 15 is 0 Å². The molecule has 0 fully saturated rings. The van der Waals surface area contributed by atoms with Crippen molar-refractivity contribution in [1.82, 2.24) is 0 Å². The molecule has 0 aliphatic carbocycles. The van der Waals surface area contributed by atoms with E-state index in [1.807, 2.05) is 0 Å². The summed E-state index contributed by atoms with van der Waals surface area (Å²) < 4.78 is 0. The maximum Gasteiger partial charge on any atom is 0.0542 e. The second-order valence-electron chi connectivity index (χ2n) is 7.11. The van der Waals surface area contributed by atoms with Crippen LogP contribution in [-0.2, 0) is 0 Å². The van der Waals surface area contributed by atoms with Crippen LogP contribution in [0.4, 0.5) is 0 Å². The highest BCUT2D eigenvalue weighted by Crippen LogP contribution is 2.19. The van der Waals surface area contributed by atoms with E-state index in [4.69, 9.17) is 0 Å². The zero-order valence-corrected chi connectivity index (χ0v) is 15.2. The van der Waals surface area contributed by atoms with Crippen LogP contribution < -0.4 is 0 Å². The molecule has 2 unspecified atom stereocenters. The molecule has 0 aromatic rings. The van der Waals surface area contributed by atoms with Gasteiger partial charge in [-0.2, -0.15) is 0 Å². The van der Waals surface area contributed by atoms with Crippen molar-refractivity contribution in [2.24, 2.45) is 5.92 Å². The summed E-state index contributed by atoms with van der Waals surface area (Å²) in [5.41, 5.74) is 0. The first-order chi connectivity index (χ1) is 10.2. The number of hydrogen-bond donors (Lipinski definition) is 1. The van der Waals surface area contributed by atoms with E-state index in [1.54, 1.807) is 0 Å². The van der Waals surface area contributed by atoms with Gasteiger partial charge in [0, 0.05) is 0 Å². The van der Waals surface area contributed by atoms with Crippen molar-refractivity contribution in [3.63, 3.8) is 0 Å². The number of aliphatic hydroxyl groups is 1. The molecule has 0 aromatic carbocycles. The van der Waals surface area contributed by atoms with Crippen LogP contribution in [0.25, 0.3) is 0 Å². The fraction of sp³-hybridized carbons (Fsp3) is 1.00. The van der Waals surface area contributed by atoms with Gasteiger partial charge in [0.05, 0.1) is 6.10 Å². The lowest BCUT2D eigenvalue weighted by Gasteiger charge is -2.16. The van der Waals surface area contributed by atoms with Crippen molar-refractivity contribution in [1.29, 1.82) is 0 Å². The van der Waals surface area contributed by atoms with Gasteiger partial charge in [0.2, 0.25) is 0 Å². The van der Waals surface area contributed by atoms with Gasteiger partial charge in [-0.15, -0.1) is 0 Å². The van der Waals surface area contributed by atoms with Gasteiger partial charge < -0.3 is 5.11 Å². The highest BCUT2D eigenvalue weighted by molar-refractivity contribution is 4.62. The molecule has 1 nitrogen and oxygen atoms in total. The van der Waals surface area contributed by atoms with Crippen molar-refractivity contribution in [2.45, 2.75) is 123 Å². The molecule has 0 aliphatic heterocycles. The van der Waals surface area contributed by atoms with Gasteiger partial charge in [0.25, 0.3) is 0 Å². The quantitative estimate of drug-likeness (QED) is 0.308. The lowest BCUT2D eigenvalue weighted by Crippen LogP contribution is -2.11. The summed E-state index contributed by atoms with van der Waals surface area (Å²) in [6.45, 7) is 6.85. The third-order valence-corrected chi connectivity index (χ3v) is 4.62. The Morgan fingerprint density at radius 1 is 0.619 bits per heavy atom. The average Bonchev–Trinajstić information content (AvgIpc) is 2.46.